The molecule has 0 bridgehead atoms. The summed E-state index contributed by atoms with van der Waals surface area (Å²) in [7, 11) is 1.62. The molecule has 3 aliphatic rings. The normalized spacial score (nSPS) is 29.2. The second kappa shape index (κ2) is 6.09. The molecule has 0 aromatic heterocycles. The lowest BCUT2D eigenvalue weighted by atomic mass is 10.0. The molecule has 1 N–H and O–H groups in total. The first-order chi connectivity index (χ1) is 11.7. The predicted octanol–water partition coefficient (Wildman–Crippen LogP) is 0.726. The molecule has 0 radical (unpaired) electrons. The number of hydrogen-bond donors (Lipinski definition) is 1. The van der Waals surface area contributed by atoms with Crippen LogP contribution in [0.1, 0.15) is 6.42 Å². The topological polar surface area (TPSA) is 61.9 Å². The lowest BCUT2D eigenvalue weighted by molar-refractivity contribution is -0.135. The SMILES string of the molecule is COc1ccc(N2CC(C(=O)N3C[C@H]4CNC[C@H]4C3)CC2=O)cc1. The molecule has 6 nitrogen and oxygen atoms in total. The fraction of sp³-hybridized carbons (Fsp3) is 0.556. The number of amides is 2. The zero-order chi connectivity index (χ0) is 16.7. The van der Waals surface area contributed by atoms with Crippen LogP contribution in [0.5, 0.6) is 5.75 Å². The highest BCUT2D eigenvalue weighted by Crippen LogP contribution is 2.31. The smallest absolute Gasteiger partial charge is 0.228 e. The minimum atomic E-state index is -0.216. The van der Waals surface area contributed by atoms with Crippen LogP contribution in [0.2, 0.25) is 0 Å². The second-order valence-electron chi connectivity index (χ2n) is 7.03. The van der Waals surface area contributed by atoms with Gasteiger partial charge >= 0.3 is 0 Å². The molecule has 0 saturated carbocycles. The molecule has 128 valence electrons. The second-order valence-corrected chi connectivity index (χ2v) is 7.03. The number of fused-ring (bicyclic) bond motifs is 1. The third-order valence-electron chi connectivity index (χ3n) is 5.56. The van der Waals surface area contributed by atoms with Gasteiger partial charge in [-0.1, -0.05) is 0 Å². The summed E-state index contributed by atoms with van der Waals surface area (Å²) < 4.78 is 5.15. The molecule has 3 saturated heterocycles. The van der Waals surface area contributed by atoms with Crippen LogP contribution in [0.15, 0.2) is 24.3 Å². The van der Waals surface area contributed by atoms with Crippen LogP contribution in [0.25, 0.3) is 0 Å². The van der Waals surface area contributed by atoms with Gasteiger partial charge in [0.15, 0.2) is 0 Å². The van der Waals surface area contributed by atoms with E-state index in [0.717, 1.165) is 37.6 Å². The van der Waals surface area contributed by atoms with Crippen LogP contribution < -0.4 is 15.0 Å². The quantitative estimate of drug-likeness (QED) is 0.888. The largest absolute Gasteiger partial charge is 0.497 e. The molecule has 1 unspecified atom stereocenters. The Kier molecular flexibility index (Phi) is 3.92. The average molecular weight is 329 g/mol. The van der Waals surface area contributed by atoms with Crippen molar-refractivity contribution in [1.82, 2.24) is 10.2 Å². The number of rotatable bonds is 3. The van der Waals surface area contributed by atoms with Crippen molar-refractivity contribution in [2.75, 3.05) is 44.7 Å². The van der Waals surface area contributed by atoms with Gasteiger partial charge in [0, 0.05) is 44.8 Å². The maximum absolute atomic E-state index is 12.8. The number of likely N-dealkylation sites (tertiary alicyclic amines) is 1. The van der Waals surface area contributed by atoms with Gasteiger partial charge in [0.1, 0.15) is 5.75 Å². The Morgan fingerprint density at radius 2 is 1.79 bits per heavy atom. The number of nitrogens with zero attached hydrogens (tertiary/aromatic N) is 2. The van der Waals surface area contributed by atoms with E-state index in [-0.39, 0.29) is 17.7 Å². The van der Waals surface area contributed by atoms with E-state index in [1.165, 1.54) is 0 Å². The number of ether oxygens (including phenoxy) is 1. The first-order valence-electron chi connectivity index (χ1n) is 8.59. The molecule has 3 aliphatic heterocycles. The van der Waals surface area contributed by atoms with Gasteiger partial charge in [-0.2, -0.15) is 0 Å². The van der Waals surface area contributed by atoms with E-state index in [0.29, 0.717) is 24.8 Å². The summed E-state index contributed by atoms with van der Waals surface area (Å²) in [6.45, 7) is 4.17. The van der Waals surface area contributed by atoms with Gasteiger partial charge in [-0.05, 0) is 36.1 Å². The summed E-state index contributed by atoms with van der Waals surface area (Å²) >= 11 is 0. The molecule has 1 aromatic rings. The van der Waals surface area contributed by atoms with E-state index >= 15 is 0 Å². The van der Waals surface area contributed by atoms with Gasteiger partial charge in [-0.25, -0.2) is 0 Å². The third-order valence-corrected chi connectivity index (χ3v) is 5.56. The monoisotopic (exact) mass is 329 g/mol. The minimum absolute atomic E-state index is 0.0274. The maximum atomic E-state index is 12.8. The lowest BCUT2D eigenvalue weighted by Gasteiger charge is -2.22. The number of hydrogen-bond acceptors (Lipinski definition) is 4. The Morgan fingerprint density at radius 3 is 2.42 bits per heavy atom. The van der Waals surface area contributed by atoms with E-state index in [9.17, 15) is 9.59 Å². The van der Waals surface area contributed by atoms with Gasteiger partial charge < -0.3 is 19.9 Å². The summed E-state index contributed by atoms with van der Waals surface area (Å²) in [5.41, 5.74) is 0.832. The highest BCUT2D eigenvalue weighted by molar-refractivity contribution is 6.00. The lowest BCUT2D eigenvalue weighted by Crippen LogP contribution is -2.37. The van der Waals surface area contributed by atoms with E-state index in [2.05, 4.69) is 5.32 Å². The zero-order valence-corrected chi connectivity index (χ0v) is 13.9. The van der Waals surface area contributed by atoms with Crippen molar-refractivity contribution >= 4 is 17.5 Å². The Labute approximate surface area is 141 Å². The van der Waals surface area contributed by atoms with E-state index < -0.39 is 0 Å². The molecule has 3 fully saturated rings. The van der Waals surface area contributed by atoms with Gasteiger partial charge in [0.05, 0.1) is 13.0 Å². The van der Waals surface area contributed by atoms with Crippen molar-refractivity contribution in [3.8, 4) is 5.75 Å². The Hall–Kier alpha value is -2.08. The Bertz CT molecular complexity index is 633. The molecule has 3 heterocycles. The Balaban J connectivity index is 1.42. The van der Waals surface area contributed by atoms with Crippen LogP contribution >= 0.6 is 0 Å². The summed E-state index contributed by atoms with van der Waals surface area (Å²) in [5.74, 6) is 1.89. The van der Waals surface area contributed by atoms with Crippen LogP contribution in [0.4, 0.5) is 5.69 Å². The molecule has 1 aromatic carbocycles. The highest BCUT2D eigenvalue weighted by atomic mass is 16.5. The standard InChI is InChI=1S/C18H23N3O3/c1-24-16-4-2-15(3-5-16)21-11-12(6-17(21)22)18(23)20-9-13-7-19-8-14(13)10-20/h2-5,12-14,19H,6-11H2,1H3/t12?,13-,14+. The fourth-order valence-electron chi connectivity index (χ4n) is 4.18. The van der Waals surface area contributed by atoms with E-state index in [1.807, 2.05) is 29.2 Å². The molecule has 6 heteroatoms. The molecule has 2 amide bonds. The van der Waals surface area contributed by atoms with Crippen LogP contribution in [-0.2, 0) is 9.59 Å². The summed E-state index contributed by atoms with van der Waals surface area (Å²) in [5, 5.41) is 3.39. The van der Waals surface area contributed by atoms with Crippen molar-refractivity contribution in [3.63, 3.8) is 0 Å². The van der Waals surface area contributed by atoms with Gasteiger partial charge in [0.25, 0.3) is 0 Å². The molecular weight excluding hydrogens is 306 g/mol. The predicted molar refractivity (Wildman–Crippen MR) is 89.9 cm³/mol. The summed E-state index contributed by atoms with van der Waals surface area (Å²) in [6.07, 6.45) is 0.314. The van der Waals surface area contributed by atoms with Crippen molar-refractivity contribution < 1.29 is 14.3 Å². The fourth-order valence-corrected chi connectivity index (χ4v) is 4.18. The Morgan fingerprint density at radius 1 is 1.12 bits per heavy atom. The van der Waals surface area contributed by atoms with Crippen LogP contribution in [0, 0.1) is 17.8 Å². The molecule has 24 heavy (non-hydrogen) atoms. The number of nitrogens with one attached hydrogen (secondary N) is 1. The van der Waals surface area contributed by atoms with E-state index in [4.69, 9.17) is 4.74 Å². The van der Waals surface area contributed by atoms with Gasteiger partial charge in [0.2, 0.25) is 11.8 Å². The minimum Gasteiger partial charge on any atom is -0.497 e. The number of carbonyl (C=O) groups excluding carboxylic acids is 2. The first-order valence-corrected chi connectivity index (χ1v) is 8.59. The molecule has 3 atom stereocenters. The molecule has 4 rings (SSSR count). The number of anilines is 1. The third kappa shape index (κ3) is 2.65. The first kappa shape index (κ1) is 15.4. The summed E-state index contributed by atoms with van der Waals surface area (Å²) in [4.78, 5) is 28.9. The summed E-state index contributed by atoms with van der Waals surface area (Å²) in [6, 6.07) is 7.42. The highest BCUT2D eigenvalue weighted by Gasteiger charge is 2.43. The number of benzene rings is 1. The molecular formula is C18H23N3O3. The van der Waals surface area contributed by atoms with Crippen molar-refractivity contribution in [3.05, 3.63) is 24.3 Å². The van der Waals surface area contributed by atoms with Gasteiger partial charge in [-0.3, -0.25) is 9.59 Å². The van der Waals surface area contributed by atoms with Gasteiger partial charge in [-0.15, -0.1) is 0 Å². The van der Waals surface area contributed by atoms with E-state index in [1.54, 1.807) is 12.0 Å². The van der Waals surface area contributed by atoms with Crippen LogP contribution in [0.3, 0.4) is 0 Å². The average Bonchev–Trinajstić information content (AvgIpc) is 3.28. The molecule has 0 aliphatic carbocycles. The van der Waals surface area contributed by atoms with Crippen molar-refractivity contribution in [1.29, 1.82) is 0 Å². The number of methoxy groups -OCH3 is 1. The maximum Gasteiger partial charge on any atom is 0.228 e. The number of carbonyl (C=O) groups is 2. The van der Waals surface area contributed by atoms with Crippen LogP contribution in [-0.4, -0.2) is 56.5 Å². The van der Waals surface area contributed by atoms with Crippen molar-refractivity contribution in [2.45, 2.75) is 6.42 Å². The zero-order valence-electron chi connectivity index (χ0n) is 13.9. The van der Waals surface area contributed by atoms with Crippen molar-refractivity contribution in [2.24, 2.45) is 17.8 Å². The molecule has 0 spiro atoms.